The van der Waals surface area contributed by atoms with Crippen LogP contribution in [0.2, 0.25) is 0 Å². The summed E-state index contributed by atoms with van der Waals surface area (Å²) >= 11 is 2.87. The lowest BCUT2D eigenvalue weighted by Gasteiger charge is -2.21. The van der Waals surface area contributed by atoms with Crippen molar-refractivity contribution in [1.29, 1.82) is 0 Å². The first kappa shape index (κ1) is 19.7. The Morgan fingerprint density at radius 1 is 1.36 bits per heavy atom. The molecule has 0 aliphatic rings. The van der Waals surface area contributed by atoms with Gasteiger partial charge >= 0.3 is 0 Å². The highest BCUT2D eigenvalue weighted by Crippen LogP contribution is 2.28. The monoisotopic (exact) mass is 379 g/mol. The molecule has 0 aliphatic heterocycles. The number of likely N-dealkylation sites (N-methyl/N-ethyl adjacent to an activating group) is 1. The number of nitrogens with zero attached hydrogens (tertiary/aromatic N) is 3. The van der Waals surface area contributed by atoms with Gasteiger partial charge in [0.15, 0.2) is 5.16 Å². The molecule has 25 heavy (non-hydrogen) atoms. The van der Waals surface area contributed by atoms with Gasteiger partial charge in [0.05, 0.1) is 11.1 Å². The predicted molar refractivity (Wildman–Crippen MR) is 107 cm³/mol. The molecule has 0 aliphatic carbocycles. The van der Waals surface area contributed by atoms with Crippen molar-refractivity contribution >= 4 is 39.2 Å². The molecule has 0 fully saturated rings. The molecular formula is C18H25N3O2S2. The molecule has 1 amide bonds. The topological polar surface area (TPSA) is 55.2 Å². The largest absolute Gasteiger partial charge is 0.338 e. The van der Waals surface area contributed by atoms with Gasteiger partial charge in [0, 0.05) is 24.5 Å². The zero-order chi connectivity index (χ0) is 18.7. The van der Waals surface area contributed by atoms with Crippen molar-refractivity contribution in [2.75, 3.05) is 18.8 Å². The second-order valence-electron chi connectivity index (χ2n) is 6.06. The summed E-state index contributed by atoms with van der Waals surface area (Å²) in [6.45, 7) is 15.4. The summed E-state index contributed by atoms with van der Waals surface area (Å²) in [4.78, 5) is 33.5. The minimum absolute atomic E-state index is 0.0152. The number of rotatable bonds is 7. The van der Waals surface area contributed by atoms with Gasteiger partial charge in [0.25, 0.3) is 5.56 Å². The van der Waals surface area contributed by atoms with Gasteiger partial charge in [-0.3, -0.25) is 14.2 Å². The maximum absolute atomic E-state index is 12.8. The molecule has 136 valence electrons. The van der Waals surface area contributed by atoms with Crippen LogP contribution in [0.25, 0.3) is 10.2 Å². The van der Waals surface area contributed by atoms with Crippen LogP contribution in [0.3, 0.4) is 0 Å². The number of thiophene rings is 1. The third-order valence-corrected chi connectivity index (χ3v) is 6.15. The van der Waals surface area contributed by atoms with Crippen molar-refractivity contribution in [3.05, 3.63) is 32.9 Å². The molecule has 0 bridgehead atoms. The molecule has 2 rings (SSSR count). The summed E-state index contributed by atoms with van der Waals surface area (Å²) in [7, 11) is 0. The first-order chi connectivity index (χ1) is 11.8. The van der Waals surface area contributed by atoms with Gasteiger partial charge in [-0.1, -0.05) is 23.9 Å². The van der Waals surface area contributed by atoms with Gasteiger partial charge in [-0.25, -0.2) is 4.98 Å². The molecule has 0 saturated heterocycles. The number of fused-ring (bicyclic) bond motifs is 1. The zero-order valence-corrected chi connectivity index (χ0v) is 17.1. The molecule has 5 nitrogen and oxygen atoms in total. The Labute approximate surface area is 156 Å². The Bertz CT molecular complexity index is 867. The molecule has 2 aromatic heterocycles. The van der Waals surface area contributed by atoms with E-state index in [-0.39, 0.29) is 17.2 Å². The molecule has 2 heterocycles. The normalized spacial score (nSPS) is 11.1. The maximum atomic E-state index is 12.8. The first-order valence-electron chi connectivity index (χ1n) is 8.35. The van der Waals surface area contributed by atoms with Crippen LogP contribution >= 0.6 is 23.1 Å². The minimum Gasteiger partial charge on any atom is -0.338 e. The van der Waals surface area contributed by atoms with Gasteiger partial charge < -0.3 is 4.90 Å². The molecule has 0 atom stereocenters. The lowest BCUT2D eigenvalue weighted by atomic mass is 10.2. The summed E-state index contributed by atoms with van der Waals surface area (Å²) in [6, 6.07) is 0. The van der Waals surface area contributed by atoms with E-state index in [2.05, 4.69) is 11.6 Å². The van der Waals surface area contributed by atoms with E-state index >= 15 is 0 Å². The van der Waals surface area contributed by atoms with E-state index in [9.17, 15) is 9.59 Å². The summed E-state index contributed by atoms with van der Waals surface area (Å²) in [5.74, 6) is 0.300. The van der Waals surface area contributed by atoms with E-state index in [1.165, 1.54) is 23.1 Å². The van der Waals surface area contributed by atoms with Crippen molar-refractivity contribution in [3.63, 3.8) is 0 Å². The Kier molecular flexibility index (Phi) is 6.46. The standard InChI is InChI=1S/C18H25N3O2S2/c1-7-20(9-11(3)4)14(22)10-24-18-19-16-15(12(5)13(6)25-16)17(23)21(18)8-2/h3,7-10H2,1-2,4-6H3. The predicted octanol–water partition coefficient (Wildman–Crippen LogP) is 3.61. The molecule has 0 radical (unpaired) electrons. The van der Waals surface area contributed by atoms with Crippen LogP contribution in [-0.2, 0) is 11.3 Å². The molecule has 2 aromatic rings. The second kappa shape index (κ2) is 8.19. The van der Waals surface area contributed by atoms with Gasteiger partial charge in [-0.2, -0.15) is 0 Å². The second-order valence-corrected chi connectivity index (χ2v) is 8.21. The van der Waals surface area contributed by atoms with E-state index in [4.69, 9.17) is 0 Å². The van der Waals surface area contributed by atoms with Gasteiger partial charge in [0.2, 0.25) is 5.91 Å². The van der Waals surface area contributed by atoms with Crippen LogP contribution in [0.1, 0.15) is 31.2 Å². The van der Waals surface area contributed by atoms with Crippen LogP contribution in [-0.4, -0.2) is 39.2 Å². The minimum atomic E-state index is -0.0152. The molecule has 0 unspecified atom stereocenters. The van der Waals surface area contributed by atoms with Crippen LogP contribution < -0.4 is 5.56 Å². The number of thioether (sulfide) groups is 1. The highest BCUT2D eigenvalue weighted by molar-refractivity contribution is 7.99. The summed E-state index contributed by atoms with van der Waals surface area (Å²) < 4.78 is 1.66. The van der Waals surface area contributed by atoms with Crippen LogP contribution in [0, 0.1) is 13.8 Å². The van der Waals surface area contributed by atoms with Crippen LogP contribution in [0.4, 0.5) is 0 Å². The lowest BCUT2D eigenvalue weighted by Crippen LogP contribution is -2.33. The number of hydrogen-bond donors (Lipinski definition) is 0. The summed E-state index contributed by atoms with van der Waals surface area (Å²) in [6.07, 6.45) is 0. The lowest BCUT2D eigenvalue weighted by molar-refractivity contribution is -0.127. The Morgan fingerprint density at radius 2 is 2.04 bits per heavy atom. The van der Waals surface area contributed by atoms with E-state index in [0.717, 1.165) is 20.8 Å². The van der Waals surface area contributed by atoms with Gasteiger partial charge in [-0.15, -0.1) is 11.3 Å². The average molecular weight is 380 g/mol. The maximum Gasteiger partial charge on any atom is 0.263 e. The number of carbonyl (C=O) groups is 1. The fourth-order valence-electron chi connectivity index (χ4n) is 2.62. The van der Waals surface area contributed by atoms with E-state index in [0.29, 0.717) is 30.2 Å². The van der Waals surface area contributed by atoms with Crippen LogP contribution in [0.5, 0.6) is 0 Å². The number of hydrogen-bond acceptors (Lipinski definition) is 5. The van der Waals surface area contributed by atoms with E-state index in [1.54, 1.807) is 9.47 Å². The zero-order valence-electron chi connectivity index (χ0n) is 15.5. The number of aromatic nitrogens is 2. The van der Waals surface area contributed by atoms with Crippen molar-refractivity contribution in [2.24, 2.45) is 0 Å². The number of amides is 1. The number of aryl methyl sites for hydroxylation is 2. The first-order valence-corrected chi connectivity index (χ1v) is 10.2. The van der Waals surface area contributed by atoms with Crippen molar-refractivity contribution in [3.8, 4) is 0 Å². The van der Waals surface area contributed by atoms with Gasteiger partial charge in [-0.05, 0) is 40.2 Å². The van der Waals surface area contributed by atoms with Crippen molar-refractivity contribution in [2.45, 2.75) is 46.3 Å². The quantitative estimate of drug-likeness (QED) is 0.419. The molecule has 0 spiro atoms. The summed E-state index contributed by atoms with van der Waals surface area (Å²) in [5.41, 5.74) is 1.94. The van der Waals surface area contributed by atoms with E-state index < -0.39 is 0 Å². The summed E-state index contributed by atoms with van der Waals surface area (Å²) in [5, 5.41) is 1.32. The third-order valence-electron chi connectivity index (χ3n) is 4.09. The number of carbonyl (C=O) groups excluding carboxylic acids is 1. The Hall–Kier alpha value is -1.60. The Morgan fingerprint density at radius 3 is 2.60 bits per heavy atom. The average Bonchev–Trinajstić information content (AvgIpc) is 2.84. The molecule has 7 heteroatoms. The van der Waals surface area contributed by atoms with E-state index in [1.807, 2.05) is 34.6 Å². The highest BCUT2D eigenvalue weighted by Gasteiger charge is 2.18. The molecule has 0 aromatic carbocycles. The van der Waals surface area contributed by atoms with Gasteiger partial charge in [0.1, 0.15) is 4.83 Å². The fourth-order valence-corrected chi connectivity index (χ4v) is 4.65. The fraction of sp³-hybridized carbons (Fsp3) is 0.500. The third kappa shape index (κ3) is 4.15. The molecular weight excluding hydrogens is 354 g/mol. The molecule has 0 N–H and O–H groups in total. The smallest absolute Gasteiger partial charge is 0.263 e. The van der Waals surface area contributed by atoms with Crippen molar-refractivity contribution in [1.82, 2.24) is 14.5 Å². The molecule has 0 saturated carbocycles. The SMILES string of the molecule is C=C(C)CN(CC)C(=O)CSc1nc2sc(C)c(C)c2c(=O)n1CC. The Balaban J connectivity index is 2.30. The van der Waals surface area contributed by atoms with Crippen LogP contribution in [0.15, 0.2) is 22.1 Å². The highest BCUT2D eigenvalue weighted by atomic mass is 32.2. The van der Waals surface area contributed by atoms with Crippen molar-refractivity contribution < 1.29 is 4.79 Å².